The quantitative estimate of drug-likeness (QED) is 0.709. The number of benzene rings is 1. The Morgan fingerprint density at radius 2 is 1.92 bits per heavy atom. The van der Waals surface area contributed by atoms with Crippen molar-refractivity contribution < 1.29 is 4.79 Å². The highest BCUT2D eigenvalue weighted by Gasteiger charge is 2.15. The second-order valence-corrected chi connectivity index (χ2v) is 8.07. The molecule has 7 heteroatoms. The van der Waals surface area contributed by atoms with E-state index in [1.165, 1.54) is 36.6 Å². The van der Waals surface area contributed by atoms with Crippen LogP contribution in [0.2, 0.25) is 0 Å². The molecule has 3 rings (SSSR count). The molecule has 0 spiro atoms. The molecule has 1 aromatic rings. The first-order chi connectivity index (χ1) is 11.8. The maximum Gasteiger partial charge on any atom is 0.224 e. The summed E-state index contributed by atoms with van der Waals surface area (Å²) < 4.78 is 0. The minimum Gasteiger partial charge on any atom is -0.326 e. The van der Waals surface area contributed by atoms with Crippen LogP contribution in [0.4, 0.5) is 5.69 Å². The third-order valence-electron chi connectivity index (χ3n) is 5.00. The van der Waals surface area contributed by atoms with Crippen molar-refractivity contribution in [1.29, 1.82) is 0 Å². The van der Waals surface area contributed by atoms with Gasteiger partial charge in [-0.25, -0.2) is 0 Å². The molecule has 1 atom stereocenters. The molecule has 2 saturated heterocycles. The zero-order chi connectivity index (χ0) is 16.6. The monoisotopic (exact) mass is 419 g/mol. The summed E-state index contributed by atoms with van der Waals surface area (Å²) in [5.74, 6) is 3.34. The summed E-state index contributed by atoms with van der Waals surface area (Å²) in [6.45, 7) is 5.74. The predicted octanol–water partition coefficient (Wildman–Crippen LogP) is 3.45. The average molecular weight is 420 g/mol. The number of hydrogen-bond acceptors (Lipinski definition) is 4. The van der Waals surface area contributed by atoms with Crippen LogP contribution < -0.4 is 10.6 Å². The molecular formula is C19H31Cl2N3OS. The van der Waals surface area contributed by atoms with E-state index in [-0.39, 0.29) is 30.7 Å². The van der Waals surface area contributed by atoms with Crippen molar-refractivity contribution in [2.75, 3.05) is 49.5 Å². The molecule has 0 bridgehead atoms. The first-order valence-electron chi connectivity index (χ1n) is 9.19. The second kappa shape index (κ2) is 12.8. The van der Waals surface area contributed by atoms with E-state index in [9.17, 15) is 4.79 Å². The number of carbonyl (C=O) groups excluding carboxylic acids is 1. The highest BCUT2D eigenvalue weighted by Crippen LogP contribution is 2.16. The summed E-state index contributed by atoms with van der Waals surface area (Å²) in [5, 5.41) is 6.38. The summed E-state index contributed by atoms with van der Waals surface area (Å²) in [6.07, 6.45) is 3.91. The fraction of sp³-hybridized carbons (Fsp3) is 0.632. The predicted molar refractivity (Wildman–Crippen MR) is 117 cm³/mol. The molecule has 148 valence electrons. The fourth-order valence-corrected chi connectivity index (χ4v) is 4.36. The highest BCUT2D eigenvalue weighted by atomic mass is 35.5. The normalized spacial score (nSPS) is 20.1. The van der Waals surface area contributed by atoms with Gasteiger partial charge in [0, 0.05) is 43.2 Å². The van der Waals surface area contributed by atoms with Crippen molar-refractivity contribution in [3.05, 3.63) is 29.8 Å². The smallest absolute Gasteiger partial charge is 0.224 e. The Kier molecular flexibility index (Phi) is 11.6. The lowest BCUT2D eigenvalue weighted by Gasteiger charge is -2.26. The van der Waals surface area contributed by atoms with E-state index in [4.69, 9.17) is 0 Å². The number of nitrogens with one attached hydrogen (secondary N) is 2. The Morgan fingerprint density at radius 1 is 1.19 bits per heavy atom. The SMILES string of the molecule is Cl.Cl.O=C(CCC1CCNC1)Nc1ccc(CCN2CCSCC2)cc1. The summed E-state index contributed by atoms with van der Waals surface area (Å²) in [4.78, 5) is 14.6. The van der Waals surface area contributed by atoms with Gasteiger partial charge in [-0.1, -0.05) is 12.1 Å². The molecule has 0 aromatic heterocycles. The number of amides is 1. The van der Waals surface area contributed by atoms with Gasteiger partial charge in [0.2, 0.25) is 5.91 Å². The van der Waals surface area contributed by atoms with Gasteiger partial charge in [0.05, 0.1) is 0 Å². The number of nitrogens with zero attached hydrogens (tertiary/aromatic N) is 1. The van der Waals surface area contributed by atoms with Gasteiger partial charge in [0.25, 0.3) is 0 Å². The Balaban J connectivity index is 0.00000169. The average Bonchev–Trinajstić information content (AvgIpc) is 3.14. The van der Waals surface area contributed by atoms with Gasteiger partial charge in [0.1, 0.15) is 0 Å². The van der Waals surface area contributed by atoms with Gasteiger partial charge < -0.3 is 15.5 Å². The fourth-order valence-electron chi connectivity index (χ4n) is 3.39. The Labute approximate surface area is 174 Å². The minimum atomic E-state index is 0. The molecular weight excluding hydrogens is 389 g/mol. The van der Waals surface area contributed by atoms with Gasteiger partial charge in [-0.05, 0) is 56.0 Å². The topological polar surface area (TPSA) is 44.4 Å². The van der Waals surface area contributed by atoms with Crippen molar-refractivity contribution in [3.8, 4) is 0 Å². The van der Waals surface area contributed by atoms with Gasteiger partial charge >= 0.3 is 0 Å². The van der Waals surface area contributed by atoms with E-state index in [2.05, 4.69) is 39.4 Å². The van der Waals surface area contributed by atoms with Crippen LogP contribution in [0, 0.1) is 5.92 Å². The Bertz CT molecular complexity index is 518. The number of hydrogen-bond donors (Lipinski definition) is 2. The van der Waals surface area contributed by atoms with Crippen LogP contribution in [-0.2, 0) is 11.2 Å². The van der Waals surface area contributed by atoms with E-state index in [1.54, 1.807) is 0 Å². The zero-order valence-corrected chi connectivity index (χ0v) is 17.7. The summed E-state index contributed by atoms with van der Waals surface area (Å²) in [5.41, 5.74) is 2.27. The largest absolute Gasteiger partial charge is 0.326 e. The van der Waals surface area contributed by atoms with E-state index in [0.29, 0.717) is 12.3 Å². The van der Waals surface area contributed by atoms with Crippen molar-refractivity contribution in [2.24, 2.45) is 5.92 Å². The van der Waals surface area contributed by atoms with Crippen LogP contribution in [0.5, 0.6) is 0 Å². The standard InChI is InChI=1S/C19H29N3OS.2ClH/c23-19(6-3-17-7-9-20-15-17)21-18-4-1-16(2-5-18)8-10-22-11-13-24-14-12-22;;/h1-2,4-5,17,20H,3,6-15H2,(H,21,23);2*1H. The number of thioether (sulfide) groups is 1. The van der Waals surface area contributed by atoms with Gasteiger partial charge in [-0.15, -0.1) is 24.8 Å². The van der Waals surface area contributed by atoms with E-state index in [0.717, 1.165) is 38.2 Å². The van der Waals surface area contributed by atoms with Gasteiger partial charge in [0.15, 0.2) is 0 Å². The van der Waals surface area contributed by atoms with Gasteiger partial charge in [-0.3, -0.25) is 4.79 Å². The number of halogens is 2. The maximum absolute atomic E-state index is 12.0. The van der Waals surface area contributed by atoms with E-state index < -0.39 is 0 Å². The summed E-state index contributed by atoms with van der Waals surface area (Å²) >= 11 is 2.05. The molecule has 2 fully saturated rings. The number of rotatable bonds is 7. The molecule has 0 saturated carbocycles. The van der Waals surface area contributed by atoms with Crippen molar-refractivity contribution in [2.45, 2.75) is 25.7 Å². The molecule has 2 N–H and O–H groups in total. The number of anilines is 1. The molecule has 1 aromatic carbocycles. The van der Waals surface area contributed by atoms with E-state index in [1.807, 2.05) is 12.1 Å². The summed E-state index contributed by atoms with van der Waals surface area (Å²) in [7, 11) is 0. The Hall–Kier alpha value is -0.460. The lowest BCUT2D eigenvalue weighted by molar-refractivity contribution is -0.116. The van der Waals surface area contributed by atoms with Crippen LogP contribution in [0.15, 0.2) is 24.3 Å². The first-order valence-corrected chi connectivity index (χ1v) is 10.3. The van der Waals surface area contributed by atoms with Crippen LogP contribution in [0.3, 0.4) is 0 Å². The number of carbonyl (C=O) groups is 1. The molecule has 0 aliphatic carbocycles. The maximum atomic E-state index is 12.0. The van der Waals surface area contributed by atoms with Crippen LogP contribution in [0.1, 0.15) is 24.8 Å². The molecule has 2 aliphatic heterocycles. The summed E-state index contributed by atoms with van der Waals surface area (Å²) in [6, 6.07) is 8.37. The van der Waals surface area contributed by atoms with Crippen molar-refractivity contribution in [3.63, 3.8) is 0 Å². The van der Waals surface area contributed by atoms with Gasteiger partial charge in [-0.2, -0.15) is 11.8 Å². The van der Waals surface area contributed by atoms with Crippen LogP contribution in [-0.4, -0.2) is 55.0 Å². The second-order valence-electron chi connectivity index (χ2n) is 6.85. The molecule has 1 unspecified atom stereocenters. The third kappa shape index (κ3) is 8.05. The zero-order valence-electron chi connectivity index (χ0n) is 15.2. The minimum absolute atomic E-state index is 0. The lowest BCUT2D eigenvalue weighted by atomic mass is 10.0. The van der Waals surface area contributed by atoms with E-state index >= 15 is 0 Å². The molecule has 2 aliphatic rings. The highest BCUT2D eigenvalue weighted by molar-refractivity contribution is 7.99. The van der Waals surface area contributed by atoms with Crippen molar-refractivity contribution in [1.82, 2.24) is 10.2 Å². The van der Waals surface area contributed by atoms with Crippen molar-refractivity contribution >= 4 is 48.2 Å². The lowest BCUT2D eigenvalue weighted by Crippen LogP contribution is -2.34. The first kappa shape index (κ1) is 23.6. The molecule has 2 heterocycles. The Morgan fingerprint density at radius 3 is 2.58 bits per heavy atom. The molecule has 1 amide bonds. The van der Waals surface area contributed by atoms with Crippen LogP contribution in [0.25, 0.3) is 0 Å². The molecule has 0 radical (unpaired) electrons. The van der Waals surface area contributed by atoms with Crippen LogP contribution >= 0.6 is 36.6 Å². The molecule has 26 heavy (non-hydrogen) atoms. The molecule has 4 nitrogen and oxygen atoms in total. The third-order valence-corrected chi connectivity index (χ3v) is 5.94.